The molecule has 1 aromatic heterocycles. The van der Waals surface area contributed by atoms with Gasteiger partial charge in [-0.25, -0.2) is 18.5 Å². The van der Waals surface area contributed by atoms with Crippen LogP contribution in [0, 0.1) is 0 Å². The summed E-state index contributed by atoms with van der Waals surface area (Å²) in [6.07, 6.45) is 3.76. The fraction of sp³-hybridized carbons (Fsp3) is 0.583. The second kappa shape index (κ2) is 4.20. The molecule has 100 valence electrons. The Morgan fingerprint density at radius 1 is 1.39 bits per heavy atom. The first kappa shape index (κ1) is 13.3. The maximum Gasteiger partial charge on any atom is 0.255 e. The predicted molar refractivity (Wildman–Crippen MR) is 68.0 cm³/mol. The van der Waals surface area contributed by atoms with Gasteiger partial charge in [0.2, 0.25) is 0 Å². The Balaban J connectivity index is 2.47. The van der Waals surface area contributed by atoms with Crippen molar-refractivity contribution < 1.29 is 13.2 Å². The summed E-state index contributed by atoms with van der Waals surface area (Å²) in [5.74, 6) is 0.573. The highest BCUT2D eigenvalue weighted by molar-refractivity contribution is 7.89. The van der Waals surface area contributed by atoms with Crippen LogP contribution in [0.25, 0.3) is 0 Å². The van der Waals surface area contributed by atoms with Gasteiger partial charge in [0.1, 0.15) is 5.75 Å². The molecule has 18 heavy (non-hydrogen) atoms. The molecular formula is C12H18N2O3S. The molecule has 6 heteroatoms. The predicted octanol–water partition coefficient (Wildman–Crippen LogP) is 1.57. The van der Waals surface area contributed by atoms with E-state index in [4.69, 9.17) is 9.88 Å². The fourth-order valence-corrected chi connectivity index (χ4v) is 2.07. The van der Waals surface area contributed by atoms with Gasteiger partial charge < -0.3 is 4.74 Å². The number of pyridine rings is 1. The quantitative estimate of drug-likeness (QED) is 0.903. The minimum absolute atomic E-state index is 0.147. The molecule has 0 amide bonds. The number of ether oxygens (including phenoxy) is 1. The smallest absolute Gasteiger partial charge is 0.255 e. The van der Waals surface area contributed by atoms with E-state index in [0.717, 1.165) is 18.4 Å². The van der Waals surface area contributed by atoms with Crippen molar-refractivity contribution in [1.29, 1.82) is 0 Å². The summed E-state index contributed by atoms with van der Waals surface area (Å²) in [6.45, 7) is 6.08. The summed E-state index contributed by atoms with van der Waals surface area (Å²) < 4.78 is 28.4. The van der Waals surface area contributed by atoms with Crippen molar-refractivity contribution in [1.82, 2.24) is 4.98 Å². The average Bonchev–Trinajstić information content (AvgIpc) is 2.98. The molecule has 2 N–H and O–H groups in total. The van der Waals surface area contributed by atoms with Crippen molar-refractivity contribution in [2.75, 3.05) is 0 Å². The second-order valence-corrected chi connectivity index (χ2v) is 7.14. The van der Waals surface area contributed by atoms with Gasteiger partial charge in [-0.2, -0.15) is 0 Å². The van der Waals surface area contributed by atoms with E-state index < -0.39 is 10.0 Å². The first-order chi connectivity index (χ1) is 8.18. The van der Waals surface area contributed by atoms with Crippen LogP contribution in [0.15, 0.2) is 17.3 Å². The molecule has 1 fully saturated rings. The molecule has 0 bridgehead atoms. The van der Waals surface area contributed by atoms with E-state index in [1.165, 1.54) is 12.3 Å². The van der Waals surface area contributed by atoms with Crippen molar-refractivity contribution in [3.63, 3.8) is 0 Å². The van der Waals surface area contributed by atoms with Crippen LogP contribution in [0.2, 0.25) is 0 Å². The normalized spacial score (nSPS) is 16.7. The van der Waals surface area contributed by atoms with Crippen LogP contribution in [0.4, 0.5) is 0 Å². The van der Waals surface area contributed by atoms with Gasteiger partial charge in [-0.05, 0) is 18.3 Å². The lowest BCUT2D eigenvalue weighted by molar-refractivity contribution is 0.293. The molecule has 1 saturated carbocycles. The number of rotatable bonds is 3. The van der Waals surface area contributed by atoms with Crippen molar-refractivity contribution in [3.05, 3.63) is 17.8 Å². The number of primary sulfonamides is 1. The van der Waals surface area contributed by atoms with E-state index in [2.05, 4.69) is 4.98 Å². The summed E-state index contributed by atoms with van der Waals surface area (Å²) in [6, 6.07) is 1.42. The average molecular weight is 270 g/mol. The van der Waals surface area contributed by atoms with E-state index in [0.29, 0.717) is 5.75 Å². The van der Waals surface area contributed by atoms with Gasteiger partial charge in [0, 0.05) is 17.8 Å². The minimum Gasteiger partial charge on any atom is -0.490 e. The molecule has 2 rings (SSSR count). The summed E-state index contributed by atoms with van der Waals surface area (Å²) in [5, 5.41) is 4.94. The van der Waals surface area contributed by atoms with Gasteiger partial charge in [-0.3, -0.25) is 0 Å². The van der Waals surface area contributed by atoms with E-state index in [-0.39, 0.29) is 16.5 Å². The van der Waals surface area contributed by atoms with Gasteiger partial charge in [0.05, 0.1) is 6.10 Å². The van der Waals surface area contributed by atoms with Gasteiger partial charge in [-0.1, -0.05) is 20.8 Å². The van der Waals surface area contributed by atoms with Crippen LogP contribution in [0.3, 0.4) is 0 Å². The Kier molecular flexibility index (Phi) is 3.11. The molecule has 0 spiro atoms. The van der Waals surface area contributed by atoms with Crippen molar-refractivity contribution in [2.24, 2.45) is 5.14 Å². The lowest BCUT2D eigenvalue weighted by Crippen LogP contribution is -2.18. The third-order valence-corrected chi connectivity index (χ3v) is 3.56. The van der Waals surface area contributed by atoms with Crippen LogP contribution >= 0.6 is 0 Å². The molecule has 0 aliphatic heterocycles. The Bertz CT molecular complexity index is 557. The summed E-state index contributed by atoms with van der Waals surface area (Å²) in [5.41, 5.74) is 0.732. The van der Waals surface area contributed by atoms with Crippen LogP contribution in [0.1, 0.15) is 39.2 Å². The maximum atomic E-state index is 11.3. The van der Waals surface area contributed by atoms with Gasteiger partial charge in [0.15, 0.2) is 5.03 Å². The SMILES string of the molecule is CC(C)(C)c1cnc(S(N)(=O)=O)cc1OC1CC1. The van der Waals surface area contributed by atoms with E-state index >= 15 is 0 Å². The van der Waals surface area contributed by atoms with Crippen LogP contribution in [-0.2, 0) is 15.4 Å². The molecule has 1 heterocycles. The number of sulfonamides is 1. The van der Waals surface area contributed by atoms with E-state index in [9.17, 15) is 8.42 Å². The molecule has 0 atom stereocenters. The topological polar surface area (TPSA) is 82.3 Å². The highest BCUT2D eigenvalue weighted by atomic mass is 32.2. The standard InChI is InChI=1S/C12H18N2O3S/c1-12(2,3)9-7-14-11(18(13,15)16)6-10(9)17-8-4-5-8/h6-8H,4-5H2,1-3H3,(H2,13,15,16). The summed E-state index contributed by atoms with van der Waals surface area (Å²) in [7, 11) is -3.79. The summed E-state index contributed by atoms with van der Waals surface area (Å²) in [4.78, 5) is 3.91. The van der Waals surface area contributed by atoms with E-state index in [1.54, 1.807) is 0 Å². The van der Waals surface area contributed by atoms with Crippen LogP contribution in [0.5, 0.6) is 5.75 Å². The highest BCUT2D eigenvalue weighted by Crippen LogP contribution is 2.35. The molecule has 0 radical (unpaired) electrons. The van der Waals surface area contributed by atoms with E-state index in [1.807, 2.05) is 20.8 Å². The van der Waals surface area contributed by atoms with Gasteiger partial charge >= 0.3 is 0 Å². The second-order valence-electron chi connectivity index (χ2n) is 5.63. The Morgan fingerprint density at radius 3 is 2.44 bits per heavy atom. The largest absolute Gasteiger partial charge is 0.490 e. The number of nitrogens with two attached hydrogens (primary N) is 1. The zero-order chi connectivity index (χ0) is 13.6. The van der Waals surface area contributed by atoms with Crippen molar-refractivity contribution in [3.8, 4) is 5.75 Å². The first-order valence-corrected chi connectivity index (χ1v) is 7.42. The molecule has 1 aliphatic rings. The van der Waals surface area contributed by atoms with Crippen molar-refractivity contribution >= 4 is 10.0 Å². The number of nitrogens with zero attached hydrogens (tertiary/aromatic N) is 1. The molecule has 0 aromatic carbocycles. The molecule has 1 aliphatic carbocycles. The monoisotopic (exact) mass is 270 g/mol. The molecule has 5 nitrogen and oxygen atoms in total. The zero-order valence-electron chi connectivity index (χ0n) is 10.8. The zero-order valence-corrected chi connectivity index (χ0v) is 11.6. The van der Waals surface area contributed by atoms with Gasteiger partial charge in [0.25, 0.3) is 10.0 Å². The lowest BCUT2D eigenvalue weighted by atomic mass is 9.87. The molecule has 1 aromatic rings. The number of hydrogen-bond acceptors (Lipinski definition) is 4. The third kappa shape index (κ3) is 3.00. The Labute approximate surface area is 107 Å². The highest BCUT2D eigenvalue weighted by Gasteiger charge is 2.28. The molecule has 0 unspecified atom stereocenters. The number of hydrogen-bond donors (Lipinski definition) is 1. The first-order valence-electron chi connectivity index (χ1n) is 5.88. The van der Waals surface area contributed by atoms with Crippen LogP contribution in [-0.4, -0.2) is 19.5 Å². The maximum absolute atomic E-state index is 11.3. The molecule has 0 saturated heterocycles. The van der Waals surface area contributed by atoms with Crippen LogP contribution < -0.4 is 9.88 Å². The number of aromatic nitrogens is 1. The summed E-state index contributed by atoms with van der Waals surface area (Å²) >= 11 is 0. The Morgan fingerprint density at radius 2 is 2.00 bits per heavy atom. The van der Waals surface area contributed by atoms with Gasteiger partial charge in [-0.15, -0.1) is 0 Å². The fourth-order valence-electron chi connectivity index (χ4n) is 1.60. The lowest BCUT2D eigenvalue weighted by Gasteiger charge is -2.22. The minimum atomic E-state index is -3.79. The molecular weight excluding hydrogens is 252 g/mol. The van der Waals surface area contributed by atoms with Crippen molar-refractivity contribution in [2.45, 2.75) is 50.2 Å². The Hall–Kier alpha value is -1.14. The third-order valence-electron chi connectivity index (χ3n) is 2.76.